The fraction of sp³-hybridized carbons (Fsp3) is 0.357. The maximum atomic E-state index is 15.4. The third-order valence-electron chi connectivity index (χ3n) is 11.5. The Kier molecular flexibility index (Phi) is 11.7. The number of aromatic nitrogens is 2. The molecule has 8 rings (SSSR count). The summed E-state index contributed by atoms with van der Waals surface area (Å²) in [4.78, 5) is 79.5. The van der Waals surface area contributed by atoms with Crippen LogP contribution in [0.25, 0.3) is 10.9 Å². The van der Waals surface area contributed by atoms with Gasteiger partial charge in [-0.05, 0) is 74.7 Å². The zero-order valence-corrected chi connectivity index (χ0v) is 33.4. The van der Waals surface area contributed by atoms with E-state index in [-0.39, 0.29) is 40.6 Å². The number of nitrogens with zero attached hydrogens (tertiary/aromatic N) is 6. The summed E-state index contributed by atoms with van der Waals surface area (Å²) in [5.41, 5.74) is 1.76. The van der Waals surface area contributed by atoms with Crippen molar-refractivity contribution in [3.63, 3.8) is 0 Å². The molecule has 18 heteroatoms. The fourth-order valence-corrected chi connectivity index (χ4v) is 8.43. The molecule has 0 aliphatic carbocycles. The molecular formula is C42H42ClF2N9O6. The van der Waals surface area contributed by atoms with Gasteiger partial charge in [-0.3, -0.25) is 44.0 Å². The summed E-state index contributed by atoms with van der Waals surface area (Å²) in [6.07, 6.45) is 6.76. The number of fused-ring (bicyclic) bond motifs is 2. The Morgan fingerprint density at radius 2 is 1.67 bits per heavy atom. The second-order valence-corrected chi connectivity index (χ2v) is 15.7. The van der Waals surface area contributed by atoms with Crippen LogP contribution in [0.5, 0.6) is 5.75 Å². The summed E-state index contributed by atoms with van der Waals surface area (Å²) < 4.78 is 34.7. The monoisotopic (exact) mass is 841 g/mol. The first kappa shape index (κ1) is 40.7. The highest BCUT2D eigenvalue weighted by molar-refractivity contribution is 6.31. The van der Waals surface area contributed by atoms with E-state index in [9.17, 15) is 28.4 Å². The molecule has 1 unspecified atom stereocenters. The molecule has 1 atom stereocenters. The molecule has 312 valence electrons. The van der Waals surface area contributed by atoms with E-state index in [1.165, 1.54) is 37.7 Å². The standard InChI is InChI=1S/C42H42ClF2N9O6/c1-60-36-21-32-28(39(47-23-46-32)48-25-4-5-30(44)29(43)17-25)19-33(36)49-37(55)3-2-10-51-11-8-24(9-12-51)22-52-13-15-53(16-14-52)35-20-27-26(18-31(35)45)41(58)54(42(27)59)34-6-7-38(56)50-40(34)57/h2-5,17-21,23-24,34H,6-16,22H2,1H3,(H,49,55)(H,46,47,48)(H,50,56,57)/b3-2+. The van der Waals surface area contributed by atoms with Crippen molar-refractivity contribution in [2.45, 2.75) is 31.7 Å². The van der Waals surface area contributed by atoms with Gasteiger partial charge in [0, 0.05) is 68.9 Å². The molecule has 60 heavy (non-hydrogen) atoms. The van der Waals surface area contributed by atoms with E-state index in [1.54, 1.807) is 18.2 Å². The number of methoxy groups -OCH3 is 1. The van der Waals surface area contributed by atoms with Crippen molar-refractivity contribution in [2.24, 2.45) is 5.92 Å². The van der Waals surface area contributed by atoms with Gasteiger partial charge < -0.3 is 20.3 Å². The number of piperazine rings is 1. The van der Waals surface area contributed by atoms with E-state index in [0.29, 0.717) is 72.5 Å². The van der Waals surface area contributed by atoms with E-state index in [4.69, 9.17) is 16.3 Å². The van der Waals surface area contributed by atoms with Crippen LogP contribution in [0.3, 0.4) is 0 Å². The average Bonchev–Trinajstić information content (AvgIpc) is 3.47. The number of piperidine rings is 2. The number of amides is 5. The highest BCUT2D eigenvalue weighted by Gasteiger charge is 2.45. The van der Waals surface area contributed by atoms with Crippen LogP contribution >= 0.6 is 11.6 Å². The van der Waals surface area contributed by atoms with Crippen molar-refractivity contribution in [3.05, 3.63) is 88.7 Å². The third-order valence-corrected chi connectivity index (χ3v) is 11.8. The van der Waals surface area contributed by atoms with Crippen LogP contribution in [0, 0.1) is 17.6 Å². The van der Waals surface area contributed by atoms with Crippen molar-refractivity contribution in [2.75, 3.05) is 75.0 Å². The molecule has 15 nitrogen and oxygen atoms in total. The fourth-order valence-electron chi connectivity index (χ4n) is 8.25. The molecular weight excluding hydrogens is 800 g/mol. The lowest BCUT2D eigenvalue weighted by atomic mass is 9.96. The van der Waals surface area contributed by atoms with Gasteiger partial charge in [-0.25, -0.2) is 18.7 Å². The summed E-state index contributed by atoms with van der Waals surface area (Å²) in [6.45, 7) is 5.79. The number of hydrogen-bond donors (Lipinski definition) is 3. The van der Waals surface area contributed by atoms with Crippen LogP contribution in [0.2, 0.25) is 5.02 Å². The van der Waals surface area contributed by atoms with Gasteiger partial charge in [0.25, 0.3) is 11.8 Å². The van der Waals surface area contributed by atoms with Crippen molar-refractivity contribution in [3.8, 4) is 5.75 Å². The Morgan fingerprint density at radius 3 is 2.38 bits per heavy atom. The number of nitrogens with one attached hydrogen (secondary N) is 3. The van der Waals surface area contributed by atoms with Crippen LogP contribution in [-0.4, -0.2) is 120 Å². The van der Waals surface area contributed by atoms with Crippen LogP contribution in [0.15, 0.2) is 60.9 Å². The van der Waals surface area contributed by atoms with E-state index < -0.39 is 41.3 Å². The van der Waals surface area contributed by atoms with Crippen LogP contribution in [0.4, 0.5) is 31.7 Å². The second-order valence-electron chi connectivity index (χ2n) is 15.3. The first-order valence-corrected chi connectivity index (χ1v) is 20.1. The predicted octanol–water partition coefficient (Wildman–Crippen LogP) is 4.74. The van der Waals surface area contributed by atoms with Crippen LogP contribution in [0.1, 0.15) is 46.4 Å². The summed E-state index contributed by atoms with van der Waals surface area (Å²) in [5, 5.41) is 8.77. The van der Waals surface area contributed by atoms with E-state index >= 15 is 4.39 Å². The molecule has 4 aromatic rings. The highest BCUT2D eigenvalue weighted by Crippen LogP contribution is 2.35. The zero-order chi connectivity index (χ0) is 42.1. The Bertz CT molecular complexity index is 2420. The molecule has 5 heterocycles. The van der Waals surface area contributed by atoms with Crippen molar-refractivity contribution >= 4 is 74.9 Å². The molecule has 3 aromatic carbocycles. The van der Waals surface area contributed by atoms with E-state index in [1.807, 2.05) is 11.0 Å². The summed E-state index contributed by atoms with van der Waals surface area (Å²) in [7, 11) is 1.50. The number of carbonyl (C=O) groups excluding carboxylic acids is 5. The Balaban J connectivity index is 0.799. The van der Waals surface area contributed by atoms with Gasteiger partial charge in [0.05, 0.1) is 40.2 Å². The second kappa shape index (κ2) is 17.3. The number of ether oxygens (including phenoxy) is 1. The molecule has 3 N–H and O–H groups in total. The molecule has 3 fully saturated rings. The van der Waals surface area contributed by atoms with Gasteiger partial charge in [-0.2, -0.15) is 0 Å². The van der Waals surface area contributed by atoms with Gasteiger partial charge in [0.15, 0.2) is 0 Å². The van der Waals surface area contributed by atoms with Gasteiger partial charge in [-0.15, -0.1) is 0 Å². The molecule has 1 aromatic heterocycles. The number of rotatable bonds is 11. The maximum absolute atomic E-state index is 15.4. The lowest BCUT2D eigenvalue weighted by molar-refractivity contribution is -0.136. The largest absolute Gasteiger partial charge is 0.494 e. The normalized spacial score (nSPS) is 19.3. The molecule has 0 radical (unpaired) electrons. The zero-order valence-electron chi connectivity index (χ0n) is 32.7. The minimum Gasteiger partial charge on any atom is -0.494 e. The maximum Gasteiger partial charge on any atom is 0.262 e. The van der Waals surface area contributed by atoms with Crippen LogP contribution in [-0.2, 0) is 14.4 Å². The van der Waals surface area contributed by atoms with Gasteiger partial charge in [0.2, 0.25) is 17.7 Å². The lowest BCUT2D eigenvalue weighted by Crippen LogP contribution is -2.54. The lowest BCUT2D eigenvalue weighted by Gasteiger charge is -2.39. The average molecular weight is 842 g/mol. The third kappa shape index (κ3) is 8.50. The molecule has 4 aliphatic rings. The van der Waals surface area contributed by atoms with Gasteiger partial charge in [0.1, 0.15) is 35.6 Å². The highest BCUT2D eigenvalue weighted by atomic mass is 35.5. The SMILES string of the molecule is COc1cc2ncnc(Nc3ccc(F)c(Cl)c3)c2cc1NC(=O)/C=C/CN1CCC(CN2CCN(c3cc4c(cc3F)C(=O)N(C3CCC(=O)NC3=O)C4=O)CC2)CC1. The number of halogens is 3. The number of hydrogen-bond acceptors (Lipinski definition) is 12. The van der Waals surface area contributed by atoms with Crippen molar-refractivity contribution in [1.29, 1.82) is 0 Å². The molecule has 0 bridgehead atoms. The number of carbonyl (C=O) groups is 5. The van der Waals surface area contributed by atoms with E-state index in [2.05, 4.69) is 35.7 Å². The number of benzene rings is 3. The Morgan fingerprint density at radius 1 is 0.917 bits per heavy atom. The molecule has 5 amide bonds. The number of likely N-dealkylation sites (tertiary alicyclic amines) is 1. The molecule has 0 spiro atoms. The molecule has 4 aliphatic heterocycles. The van der Waals surface area contributed by atoms with Crippen LogP contribution < -0.4 is 25.6 Å². The van der Waals surface area contributed by atoms with Gasteiger partial charge in [-0.1, -0.05) is 17.7 Å². The Hall–Kier alpha value is -6.04. The predicted molar refractivity (Wildman–Crippen MR) is 219 cm³/mol. The number of imide groups is 2. The topological polar surface area (TPSA) is 169 Å². The van der Waals surface area contributed by atoms with E-state index in [0.717, 1.165) is 43.4 Å². The quantitative estimate of drug-likeness (QED) is 0.140. The number of anilines is 4. The van der Waals surface area contributed by atoms with Gasteiger partial charge >= 0.3 is 0 Å². The van der Waals surface area contributed by atoms with Crippen molar-refractivity contribution in [1.82, 2.24) is 30.0 Å². The summed E-state index contributed by atoms with van der Waals surface area (Å²) in [6, 6.07) is 9.06. The summed E-state index contributed by atoms with van der Waals surface area (Å²) >= 11 is 5.96. The summed E-state index contributed by atoms with van der Waals surface area (Å²) in [5.74, 6) is -2.68. The first-order chi connectivity index (χ1) is 28.9. The smallest absolute Gasteiger partial charge is 0.262 e. The minimum atomic E-state index is -1.11. The molecule has 0 saturated carbocycles. The minimum absolute atomic E-state index is 0.00751. The first-order valence-electron chi connectivity index (χ1n) is 19.7. The molecule has 3 saturated heterocycles. The Labute approximate surface area is 348 Å². The van der Waals surface area contributed by atoms with Crippen molar-refractivity contribution < 1.29 is 37.5 Å².